The van der Waals surface area contributed by atoms with Gasteiger partial charge in [-0.05, 0) is 36.1 Å². The van der Waals surface area contributed by atoms with Crippen molar-refractivity contribution in [3.63, 3.8) is 0 Å². The van der Waals surface area contributed by atoms with E-state index < -0.39 is 17.7 Å². The number of aliphatic hydroxyl groups excluding tert-OH is 1. The summed E-state index contributed by atoms with van der Waals surface area (Å²) in [6.45, 7) is 1.93. The molecule has 0 bridgehead atoms. The number of hydrogen-bond acceptors (Lipinski definition) is 4. The third-order valence-electron chi connectivity index (χ3n) is 4.58. The molecule has 0 radical (unpaired) electrons. The molecular formula is C22H17NO3S. The number of hydrogen-bond donors (Lipinski definition) is 1. The molecule has 1 atom stereocenters. The lowest BCUT2D eigenvalue weighted by molar-refractivity contribution is -0.132. The van der Waals surface area contributed by atoms with Crippen molar-refractivity contribution in [1.29, 1.82) is 0 Å². The van der Waals surface area contributed by atoms with E-state index in [0.717, 1.165) is 10.4 Å². The van der Waals surface area contributed by atoms with Gasteiger partial charge in [0.15, 0.2) is 0 Å². The molecule has 4 nitrogen and oxygen atoms in total. The van der Waals surface area contributed by atoms with Crippen molar-refractivity contribution in [3.05, 3.63) is 93.7 Å². The lowest BCUT2D eigenvalue weighted by Gasteiger charge is -2.24. The largest absolute Gasteiger partial charge is 0.507 e. The van der Waals surface area contributed by atoms with Crippen LogP contribution in [-0.4, -0.2) is 16.8 Å². The average molecular weight is 375 g/mol. The number of rotatable bonds is 3. The number of carbonyl (C=O) groups excluding carboxylic acids is 2. The third kappa shape index (κ3) is 2.96. The van der Waals surface area contributed by atoms with Crippen molar-refractivity contribution in [2.75, 3.05) is 4.90 Å². The monoisotopic (exact) mass is 375 g/mol. The Labute approximate surface area is 161 Å². The fourth-order valence-electron chi connectivity index (χ4n) is 3.34. The molecule has 1 N–H and O–H groups in total. The van der Waals surface area contributed by atoms with Gasteiger partial charge in [0.1, 0.15) is 11.8 Å². The summed E-state index contributed by atoms with van der Waals surface area (Å²) >= 11 is 1.45. The smallest absolute Gasteiger partial charge is 0.300 e. The van der Waals surface area contributed by atoms with E-state index in [9.17, 15) is 14.7 Å². The zero-order valence-corrected chi connectivity index (χ0v) is 15.4. The standard InChI is InChI=1S/C22H17NO3S/c1-14-7-5-10-16(13-14)23-19(17-11-6-12-27-17)18(21(25)22(23)26)20(24)15-8-3-2-4-9-15/h2-13,19,24H,1H3/b20-18-. The molecule has 1 aliphatic heterocycles. The molecule has 1 fully saturated rings. The van der Waals surface area contributed by atoms with Crippen molar-refractivity contribution in [2.45, 2.75) is 13.0 Å². The number of thiophene rings is 1. The van der Waals surface area contributed by atoms with Gasteiger partial charge in [-0.1, -0.05) is 48.5 Å². The number of aryl methyl sites for hydroxylation is 1. The van der Waals surface area contributed by atoms with Crippen LogP contribution in [0.3, 0.4) is 0 Å². The normalized spacial score (nSPS) is 18.9. The lowest BCUT2D eigenvalue weighted by atomic mass is 9.99. The molecule has 3 aromatic rings. The van der Waals surface area contributed by atoms with Crippen LogP contribution in [0.1, 0.15) is 22.0 Å². The molecule has 5 heteroatoms. The van der Waals surface area contributed by atoms with Crippen LogP contribution in [0.15, 0.2) is 77.7 Å². The first-order valence-corrected chi connectivity index (χ1v) is 9.42. The predicted octanol–water partition coefficient (Wildman–Crippen LogP) is 4.68. The molecule has 1 amide bonds. The Kier molecular flexibility index (Phi) is 4.38. The highest BCUT2D eigenvalue weighted by atomic mass is 32.1. The molecule has 0 spiro atoms. The van der Waals surface area contributed by atoms with Crippen LogP contribution < -0.4 is 4.90 Å². The minimum Gasteiger partial charge on any atom is -0.507 e. The van der Waals surface area contributed by atoms with Crippen molar-refractivity contribution >= 4 is 34.5 Å². The van der Waals surface area contributed by atoms with Crippen LogP contribution in [-0.2, 0) is 9.59 Å². The van der Waals surface area contributed by atoms with Gasteiger partial charge in [0, 0.05) is 16.1 Å². The number of anilines is 1. The van der Waals surface area contributed by atoms with Crippen LogP contribution in [0.2, 0.25) is 0 Å². The first kappa shape index (κ1) is 17.2. The zero-order chi connectivity index (χ0) is 19.0. The minimum absolute atomic E-state index is 0.121. The van der Waals surface area contributed by atoms with Crippen molar-refractivity contribution in [1.82, 2.24) is 0 Å². The SMILES string of the molecule is Cc1cccc(N2C(=O)C(=O)/C(=C(\O)c3ccccc3)C2c2cccs2)c1. The zero-order valence-electron chi connectivity index (χ0n) is 14.6. The van der Waals surface area contributed by atoms with Crippen LogP contribution in [0.4, 0.5) is 5.69 Å². The minimum atomic E-state index is -0.670. The average Bonchev–Trinajstić information content (AvgIpc) is 3.29. The number of ketones is 1. The highest BCUT2D eigenvalue weighted by molar-refractivity contribution is 7.10. The first-order valence-electron chi connectivity index (χ1n) is 8.54. The van der Waals surface area contributed by atoms with Gasteiger partial charge >= 0.3 is 0 Å². The number of amides is 1. The number of carbonyl (C=O) groups is 2. The van der Waals surface area contributed by atoms with Crippen LogP contribution >= 0.6 is 11.3 Å². The Morgan fingerprint density at radius 3 is 2.44 bits per heavy atom. The molecular weight excluding hydrogens is 358 g/mol. The summed E-state index contributed by atoms with van der Waals surface area (Å²) < 4.78 is 0. The molecule has 2 heterocycles. The Morgan fingerprint density at radius 2 is 1.78 bits per heavy atom. The van der Waals surface area contributed by atoms with E-state index in [-0.39, 0.29) is 11.3 Å². The maximum Gasteiger partial charge on any atom is 0.300 e. The molecule has 1 aromatic heterocycles. The van der Waals surface area contributed by atoms with E-state index >= 15 is 0 Å². The van der Waals surface area contributed by atoms with E-state index in [0.29, 0.717) is 11.3 Å². The Morgan fingerprint density at radius 1 is 1.00 bits per heavy atom. The fraction of sp³-hybridized carbons (Fsp3) is 0.0909. The van der Waals surface area contributed by atoms with Gasteiger partial charge in [-0.3, -0.25) is 14.5 Å². The molecule has 2 aromatic carbocycles. The van der Waals surface area contributed by atoms with Crippen molar-refractivity contribution < 1.29 is 14.7 Å². The van der Waals surface area contributed by atoms with Gasteiger partial charge in [0.25, 0.3) is 11.7 Å². The Bertz CT molecular complexity index is 1040. The van der Waals surface area contributed by atoms with Crippen LogP contribution in [0, 0.1) is 6.92 Å². The van der Waals surface area contributed by atoms with Crippen LogP contribution in [0.5, 0.6) is 0 Å². The second kappa shape index (κ2) is 6.85. The number of aliphatic hydroxyl groups is 1. The van der Waals surface area contributed by atoms with Gasteiger partial charge < -0.3 is 5.11 Å². The summed E-state index contributed by atoms with van der Waals surface area (Å²) in [6, 6.07) is 19.4. The van der Waals surface area contributed by atoms with Crippen molar-refractivity contribution in [2.24, 2.45) is 0 Å². The molecule has 1 unspecified atom stereocenters. The van der Waals surface area contributed by atoms with Gasteiger partial charge in [-0.15, -0.1) is 11.3 Å². The molecule has 0 aliphatic carbocycles. The predicted molar refractivity (Wildman–Crippen MR) is 107 cm³/mol. The second-order valence-electron chi connectivity index (χ2n) is 6.39. The molecule has 1 saturated heterocycles. The van der Waals surface area contributed by atoms with Gasteiger partial charge in [-0.2, -0.15) is 0 Å². The van der Waals surface area contributed by atoms with E-state index in [1.54, 1.807) is 30.3 Å². The van der Waals surface area contributed by atoms with Gasteiger partial charge in [0.05, 0.1) is 5.57 Å². The molecule has 0 saturated carbocycles. The molecule has 4 rings (SSSR count). The van der Waals surface area contributed by atoms with E-state index in [2.05, 4.69) is 0 Å². The highest BCUT2D eigenvalue weighted by Crippen LogP contribution is 2.43. The maximum absolute atomic E-state index is 12.9. The quantitative estimate of drug-likeness (QED) is 0.411. The Balaban J connectivity index is 1.94. The first-order chi connectivity index (χ1) is 13.1. The lowest BCUT2D eigenvalue weighted by Crippen LogP contribution is -2.29. The molecule has 134 valence electrons. The fourth-order valence-corrected chi connectivity index (χ4v) is 4.17. The van der Waals surface area contributed by atoms with Gasteiger partial charge in [-0.25, -0.2) is 0 Å². The van der Waals surface area contributed by atoms with E-state index in [1.165, 1.54) is 16.2 Å². The van der Waals surface area contributed by atoms with Crippen molar-refractivity contribution in [3.8, 4) is 0 Å². The number of benzene rings is 2. The highest BCUT2D eigenvalue weighted by Gasteiger charge is 2.47. The van der Waals surface area contributed by atoms with E-state index in [4.69, 9.17) is 0 Å². The summed E-state index contributed by atoms with van der Waals surface area (Å²) in [6.07, 6.45) is 0. The summed E-state index contributed by atoms with van der Waals surface area (Å²) in [5, 5.41) is 12.8. The summed E-state index contributed by atoms with van der Waals surface area (Å²) in [7, 11) is 0. The van der Waals surface area contributed by atoms with Gasteiger partial charge in [0.2, 0.25) is 0 Å². The topological polar surface area (TPSA) is 57.6 Å². The van der Waals surface area contributed by atoms with E-state index in [1.807, 2.05) is 48.7 Å². The number of Topliss-reactive ketones (excluding diaryl/α,β-unsaturated/α-hetero) is 1. The summed E-state index contributed by atoms with van der Waals surface area (Å²) in [5.74, 6) is -1.45. The second-order valence-corrected chi connectivity index (χ2v) is 7.37. The van der Waals surface area contributed by atoms with Crippen LogP contribution in [0.25, 0.3) is 5.76 Å². The number of nitrogens with zero attached hydrogens (tertiary/aromatic N) is 1. The summed E-state index contributed by atoms with van der Waals surface area (Å²) in [5.41, 5.74) is 2.27. The summed E-state index contributed by atoms with van der Waals surface area (Å²) in [4.78, 5) is 28.1. The molecule has 1 aliphatic rings. The maximum atomic E-state index is 12.9. The molecule has 27 heavy (non-hydrogen) atoms. The Hall–Kier alpha value is -3.18. The third-order valence-corrected chi connectivity index (χ3v) is 5.51.